The molecule has 0 aromatic heterocycles. The van der Waals surface area contributed by atoms with Crippen molar-refractivity contribution in [3.63, 3.8) is 0 Å². The SMILES string of the molecule is CCCNC(COC)c1ccc(CC(C)C)cc1. The van der Waals surface area contributed by atoms with Gasteiger partial charge >= 0.3 is 0 Å². The summed E-state index contributed by atoms with van der Waals surface area (Å²) in [6, 6.07) is 9.24. The van der Waals surface area contributed by atoms with E-state index in [4.69, 9.17) is 4.74 Å². The topological polar surface area (TPSA) is 21.3 Å². The van der Waals surface area contributed by atoms with E-state index in [0.29, 0.717) is 12.0 Å². The third-order valence-electron chi connectivity index (χ3n) is 3.00. The standard InChI is InChI=1S/C16H27NO/c1-5-10-17-16(12-18-4)15-8-6-14(7-9-15)11-13(2)3/h6-9,13,16-17H,5,10-12H2,1-4H3. The maximum Gasteiger partial charge on any atom is 0.0657 e. The third kappa shape index (κ3) is 5.19. The first-order chi connectivity index (χ1) is 8.67. The second kappa shape index (κ2) is 8.28. The molecule has 0 aliphatic carbocycles. The lowest BCUT2D eigenvalue weighted by Gasteiger charge is -2.18. The predicted octanol–water partition coefficient (Wildman–Crippen LogP) is 3.57. The first-order valence-corrected chi connectivity index (χ1v) is 6.98. The smallest absolute Gasteiger partial charge is 0.0657 e. The van der Waals surface area contributed by atoms with Gasteiger partial charge in [-0.05, 0) is 36.4 Å². The zero-order valence-electron chi connectivity index (χ0n) is 12.2. The van der Waals surface area contributed by atoms with Gasteiger partial charge in [0.15, 0.2) is 0 Å². The molecule has 2 heteroatoms. The summed E-state index contributed by atoms with van der Waals surface area (Å²) in [5, 5.41) is 3.52. The van der Waals surface area contributed by atoms with Crippen LogP contribution >= 0.6 is 0 Å². The molecule has 0 amide bonds. The number of hydrogen-bond donors (Lipinski definition) is 1. The van der Waals surface area contributed by atoms with Gasteiger partial charge in [-0.15, -0.1) is 0 Å². The van der Waals surface area contributed by atoms with Gasteiger partial charge in [0.1, 0.15) is 0 Å². The molecule has 0 fully saturated rings. The molecule has 0 radical (unpaired) electrons. The van der Waals surface area contributed by atoms with E-state index in [2.05, 4.69) is 50.4 Å². The van der Waals surface area contributed by atoms with E-state index in [1.807, 2.05) is 0 Å². The molecule has 0 aliphatic heterocycles. The Hall–Kier alpha value is -0.860. The highest BCUT2D eigenvalue weighted by atomic mass is 16.5. The predicted molar refractivity (Wildman–Crippen MR) is 77.9 cm³/mol. The summed E-state index contributed by atoms with van der Waals surface area (Å²) < 4.78 is 5.29. The molecule has 0 saturated heterocycles. The van der Waals surface area contributed by atoms with Crippen LogP contribution in [0.3, 0.4) is 0 Å². The van der Waals surface area contributed by atoms with Crippen molar-refractivity contribution in [1.29, 1.82) is 0 Å². The Morgan fingerprint density at radius 3 is 2.33 bits per heavy atom. The summed E-state index contributed by atoms with van der Waals surface area (Å²) in [5.41, 5.74) is 2.73. The molecular formula is C16H27NO. The zero-order chi connectivity index (χ0) is 13.4. The van der Waals surface area contributed by atoms with Crippen molar-refractivity contribution in [2.45, 2.75) is 39.7 Å². The summed E-state index contributed by atoms with van der Waals surface area (Å²) in [4.78, 5) is 0. The van der Waals surface area contributed by atoms with Crippen molar-refractivity contribution in [3.05, 3.63) is 35.4 Å². The van der Waals surface area contributed by atoms with Gasteiger partial charge in [0.2, 0.25) is 0 Å². The van der Waals surface area contributed by atoms with Crippen molar-refractivity contribution in [3.8, 4) is 0 Å². The minimum Gasteiger partial charge on any atom is -0.383 e. The van der Waals surface area contributed by atoms with E-state index in [9.17, 15) is 0 Å². The van der Waals surface area contributed by atoms with Crippen LogP contribution in [0.15, 0.2) is 24.3 Å². The lowest BCUT2D eigenvalue weighted by molar-refractivity contribution is 0.167. The molecule has 1 N–H and O–H groups in total. The Balaban J connectivity index is 2.67. The van der Waals surface area contributed by atoms with Gasteiger partial charge in [-0.2, -0.15) is 0 Å². The fourth-order valence-corrected chi connectivity index (χ4v) is 2.12. The first kappa shape index (κ1) is 15.2. The Kier molecular flexibility index (Phi) is 6.99. The normalized spacial score (nSPS) is 12.9. The van der Waals surface area contributed by atoms with Crippen molar-refractivity contribution in [1.82, 2.24) is 5.32 Å². The quantitative estimate of drug-likeness (QED) is 0.760. The third-order valence-corrected chi connectivity index (χ3v) is 3.00. The van der Waals surface area contributed by atoms with Crippen molar-refractivity contribution < 1.29 is 4.74 Å². The van der Waals surface area contributed by atoms with Crippen LogP contribution in [-0.2, 0) is 11.2 Å². The van der Waals surface area contributed by atoms with Gasteiger partial charge in [-0.3, -0.25) is 0 Å². The molecular weight excluding hydrogens is 222 g/mol. The highest BCUT2D eigenvalue weighted by Gasteiger charge is 2.10. The van der Waals surface area contributed by atoms with Gasteiger partial charge in [0, 0.05) is 7.11 Å². The molecule has 1 atom stereocenters. The van der Waals surface area contributed by atoms with Crippen LogP contribution in [-0.4, -0.2) is 20.3 Å². The molecule has 1 aromatic rings. The van der Waals surface area contributed by atoms with Crippen molar-refractivity contribution >= 4 is 0 Å². The monoisotopic (exact) mass is 249 g/mol. The van der Waals surface area contributed by atoms with E-state index in [-0.39, 0.29) is 0 Å². The molecule has 1 rings (SSSR count). The molecule has 0 saturated carbocycles. The molecule has 0 heterocycles. The van der Waals surface area contributed by atoms with Crippen LogP contribution in [0.2, 0.25) is 0 Å². The average Bonchev–Trinajstić information content (AvgIpc) is 2.35. The van der Waals surface area contributed by atoms with E-state index >= 15 is 0 Å². The fraction of sp³-hybridized carbons (Fsp3) is 0.625. The lowest BCUT2D eigenvalue weighted by Crippen LogP contribution is -2.25. The molecule has 2 nitrogen and oxygen atoms in total. The van der Waals surface area contributed by atoms with Crippen molar-refractivity contribution in [2.75, 3.05) is 20.3 Å². The number of benzene rings is 1. The fourth-order valence-electron chi connectivity index (χ4n) is 2.12. The molecule has 0 spiro atoms. The van der Waals surface area contributed by atoms with Crippen LogP contribution < -0.4 is 5.32 Å². The highest BCUT2D eigenvalue weighted by Crippen LogP contribution is 2.16. The molecule has 1 aromatic carbocycles. The zero-order valence-corrected chi connectivity index (χ0v) is 12.2. The van der Waals surface area contributed by atoms with Crippen LogP contribution in [0.1, 0.15) is 44.4 Å². The van der Waals surface area contributed by atoms with Crippen LogP contribution in [0.25, 0.3) is 0 Å². The molecule has 102 valence electrons. The molecule has 0 bridgehead atoms. The Bertz CT molecular complexity index is 318. The Morgan fingerprint density at radius 2 is 1.83 bits per heavy atom. The summed E-state index contributed by atoms with van der Waals surface area (Å²) in [5.74, 6) is 0.712. The Labute approximate surface area is 112 Å². The first-order valence-electron chi connectivity index (χ1n) is 6.98. The number of nitrogens with one attached hydrogen (secondary N) is 1. The molecule has 1 unspecified atom stereocenters. The van der Waals surface area contributed by atoms with E-state index in [1.54, 1.807) is 7.11 Å². The molecule has 18 heavy (non-hydrogen) atoms. The lowest BCUT2D eigenvalue weighted by atomic mass is 9.99. The maximum atomic E-state index is 5.29. The summed E-state index contributed by atoms with van der Waals surface area (Å²) >= 11 is 0. The number of methoxy groups -OCH3 is 1. The van der Waals surface area contributed by atoms with E-state index in [1.165, 1.54) is 11.1 Å². The minimum atomic E-state index is 0.308. The number of hydrogen-bond acceptors (Lipinski definition) is 2. The largest absolute Gasteiger partial charge is 0.383 e. The Morgan fingerprint density at radius 1 is 1.17 bits per heavy atom. The summed E-state index contributed by atoms with van der Waals surface area (Å²) in [6.07, 6.45) is 2.29. The summed E-state index contributed by atoms with van der Waals surface area (Å²) in [6.45, 7) is 8.45. The number of rotatable bonds is 8. The van der Waals surface area contributed by atoms with Gasteiger partial charge in [-0.25, -0.2) is 0 Å². The van der Waals surface area contributed by atoms with Gasteiger partial charge in [0.25, 0.3) is 0 Å². The van der Waals surface area contributed by atoms with Crippen molar-refractivity contribution in [2.24, 2.45) is 5.92 Å². The van der Waals surface area contributed by atoms with Gasteiger partial charge in [-0.1, -0.05) is 45.0 Å². The van der Waals surface area contributed by atoms with Crippen LogP contribution in [0.4, 0.5) is 0 Å². The molecule has 0 aliphatic rings. The van der Waals surface area contributed by atoms with E-state index < -0.39 is 0 Å². The maximum absolute atomic E-state index is 5.29. The second-order valence-electron chi connectivity index (χ2n) is 5.30. The van der Waals surface area contributed by atoms with Gasteiger partial charge in [0.05, 0.1) is 12.6 Å². The van der Waals surface area contributed by atoms with Crippen LogP contribution in [0.5, 0.6) is 0 Å². The highest BCUT2D eigenvalue weighted by molar-refractivity contribution is 5.25. The van der Waals surface area contributed by atoms with E-state index in [0.717, 1.165) is 26.0 Å². The summed E-state index contributed by atoms with van der Waals surface area (Å²) in [7, 11) is 1.76. The number of ether oxygens (including phenoxy) is 1. The minimum absolute atomic E-state index is 0.308. The van der Waals surface area contributed by atoms with Crippen LogP contribution in [0, 0.1) is 5.92 Å². The second-order valence-corrected chi connectivity index (χ2v) is 5.30. The van der Waals surface area contributed by atoms with Gasteiger partial charge < -0.3 is 10.1 Å². The average molecular weight is 249 g/mol.